The molecule has 3 aliphatic rings. The van der Waals surface area contributed by atoms with Crippen LogP contribution in [0, 0.1) is 11.8 Å². The second-order valence-corrected chi connectivity index (χ2v) is 7.68. The van der Waals surface area contributed by atoms with Crippen LogP contribution in [0.2, 0.25) is 0 Å². The molecule has 0 saturated heterocycles. The zero-order chi connectivity index (χ0) is 14.2. The highest BCUT2D eigenvalue weighted by Crippen LogP contribution is 2.44. The molecule has 0 aliphatic heterocycles. The minimum atomic E-state index is 0.756. The van der Waals surface area contributed by atoms with Crippen molar-refractivity contribution in [2.45, 2.75) is 76.8 Å². The first-order chi connectivity index (χ1) is 10.3. The number of hydrogen-bond acceptors (Lipinski definition) is 1. The monoisotopic (exact) mass is 283 g/mol. The first kappa shape index (κ1) is 13.8. The minimum absolute atomic E-state index is 0.756. The van der Waals surface area contributed by atoms with E-state index in [9.17, 15) is 0 Å². The van der Waals surface area contributed by atoms with Gasteiger partial charge in [0.2, 0.25) is 0 Å². The van der Waals surface area contributed by atoms with Crippen LogP contribution in [-0.2, 0) is 19.3 Å². The van der Waals surface area contributed by atoms with E-state index in [1.165, 1.54) is 63.4 Å². The molecule has 2 bridgehead atoms. The average molecular weight is 283 g/mol. The Balaban J connectivity index is 1.40. The van der Waals surface area contributed by atoms with Crippen LogP contribution >= 0.6 is 0 Å². The summed E-state index contributed by atoms with van der Waals surface area (Å²) in [6.45, 7) is 2.26. The fourth-order valence-corrected chi connectivity index (χ4v) is 5.10. The Kier molecular flexibility index (Phi) is 3.79. The van der Waals surface area contributed by atoms with E-state index in [1.54, 1.807) is 11.1 Å². The van der Waals surface area contributed by atoms with Crippen LogP contribution in [0.3, 0.4) is 0 Å². The van der Waals surface area contributed by atoms with Gasteiger partial charge in [0.05, 0.1) is 0 Å². The van der Waals surface area contributed by atoms with Crippen LogP contribution in [0.15, 0.2) is 18.2 Å². The molecule has 0 aromatic heterocycles. The molecule has 4 atom stereocenters. The zero-order valence-corrected chi connectivity index (χ0v) is 13.4. The molecule has 4 rings (SSSR count). The van der Waals surface area contributed by atoms with Gasteiger partial charge in [0.25, 0.3) is 0 Å². The lowest BCUT2D eigenvalue weighted by Crippen LogP contribution is -2.41. The van der Waals surface area contributed by atoms with E-state index in [4.69, 9.17) is 0 Å². The van der Waals surface area contributed by atoms with Crippen molar-refractivity contribution in [1.82, 2.24) is 5.32 Å². The van der Waals surface area contributed by atoms with E-state index >= 15 is 0 Å². The highest BCUT2D eigenvalue weighted by atomic mass is 15.0. The molecular weight excluding hydrogens is 254 g/mol. The SMILES string of the molecule is CCc1ccc2c(c1)CCC(NC1CC3CCC1C3)CC2. The molecule has 21 heavy (non-hydrogen) atoms. The van der Waals surface area contributed by atoms with Crippen LogP contribution in [0.5, 0.6) is 0 Å². The summed E-state index contributed by atoms with van der Waals surface area (Å²) in [5, 5.41) is 4.05. The van der Waals surface area contributed by atoms with E-state index in [0.29, 0.717) is 0 Å². The van der Waals surface area contributed by atoms with Crippen LogP contribution in [0.1, 0.15) is 62.1 Å². The number of fused-ring (bicyclic) bond motifs is 3. The predicted octanol–water partition coefficient (Wildman–Crippen LogP) is 4.27. The quantitative estimate of drug-likeness (QED) is 0.817. The van der Waals surface area contributed by atoms with Gasteiger partial charge in [0.1, 0.15) is 0 Å². The number of hydrogen-bond donors (Lipinski definition) is 1. The van der Waals surface area contributed by atoms with Crippen molar-refractivity contribution in [3.8, 4) is 0 Å². The average Bonchev–Trinajstić information content (AvgIpc) is 3.07. The van der Waals surface area contributed by atoms with Crippen molar-refractivity contribution in [3.05, 3.63) is 34.9 Å². The van der Waals surface area contributed by atoms with E-state index in [2.05, 4.69) is 30.4 Å². The van der Waals surface area contributed by atoms with E-state index in [0.717, 1.165) is 23.9 Å². The van der Waals surface area contributed by atoms with Crippen molar-refractivity contribution in [2.24, 2.45) is 11.8 Å². The van der Waals surface area contributed by atoms with Crippen molar-refractivity contribution >= 4 is 0 Å². The Labute approximate surface area is 129 Å². The number of rotatable bonds is 3. The van der Waals surface area contributed by atoms with Crippen molar-refractivity contribution in [2.75, 3.05) is 0 Å². The molecular formula is C20H29N. The summed E-state index contributed by atoms with van der Waals surface area (Å²) in [5.41, 5.74) is 4.75. The van der Waals surface area contributed by atoms with Gasteiger partial charge in [0.15, 0.2) is 0 Å². The largest absolute Gasteiger partial charge is 0.311 e. The molecule has 1 aromatic carbocycles. The molecule has 2 fully saturated rings. The summed E-state index contributed by atoms with van der Waals surface area (Å²) >= 11 is 0. The van der Waals surface area contributed by atoms with Gasteiger partial charge in [-0.25, -0.2) is 0 Å². The Hall–Kier alpha value is -0.820. The first-order valence-corrected chi connectivity index (χ1v) is 9.18. The molecule has 1 N–H and O–H groups in total. The van der Waals surface area contributed by atoms with E-state index in [-0.39, 0.29) is 0 Å². The lowest BCUT2D eigenvalue weighted by Gasteiger charge is -2.28. The number of aryl methyl sites for hydroxylation is 3. The summed E-state index contributed by atoms with van der Waals surface area (Å²) in [5.74, 6) is 2.06. The van der Waals surface area contributed by atoms with Crippen molar-refractivity contribution < 1.29 is 0 Å². The van der Waals surface area contributed by atoms with E-state index < -0.39 is 0 Å². The second-order valence-electron chi connectivity index (χ2n) is 7.68. The van der Waals surface area contributed by atoms with Crippen LogP contribution in [-0.4, -0.2) is 12.1 Å². The van der Waals surface area contributed by atoms with Crippen molar-refractivity contribution in [3.63, 3.8) is 0 Å². The number of nitrogens with one attached hydrogen (secondary N) is 1. The van der Waals surface area contributed by atoms with Gasteiger partial charge in [-0.2, -0.15) is 0 Å². The summed E-state index contributed by atoms with van der Waals surface area (Å²) in [4.78, 5) is 0. The Morgan fingerprint density at radius 2 is 1.86 bits per heavy atom. The third-order valence-corrected chi connectivity index (χ3v) is 6.39. The molecule has 0 radical (unpaired) electrons. The highest BCUT2D eigenvalue weighted by Gasteiger charge is 2.40. The molecule has 1 heteroatoms. The zero-order valence-electron chi connectivity index (χ0n) is 13.4. The maximum Gasteiger partial charge on any atom is 0.0101 e. The van der Waals surface area contributed by atoms with Gasteiger partial charge in [-0.05, 0) is 79.9 Å². The maximum absolute atomic E-state index is 4.05. The topological polar surface area (TPSA) is 12.0 Å². The lowest BCUT2D eigenvalue weighted by atomic mass is 9.94. The van der Waals surface area contributed by atoms with Crippen molar-refractivity contribution in [1.29, 1.82) is 0 Å². The Morgan fingerprint density at radius 1 is 1.00 bits per heavy atom. The predicted molar refractivity (Wildman–Crippen MR) is 88.6 cm³/mol. The third kappa shape index (κ3) is 2.77. The first-order valence-electron chi connectivity index (χ1n) is 9.18. The van der Waals surface area contributed by atoms with Gasteiger partial charge in [-0.3, -0.25) is 0 Å². The molecule has 1 nitrogen and oxygen atoms in total. The molecule has 1 aromatic rings. The molecule has 0 spiro atoms. The molecule has 4 unspecified atom stereocenters. The fraction of sp³-hybridized carbons (Fsp3) is 0.700. The third-order valence-electron chi connectivity index (χ3n) is 6.39. The van der Waals surface area contributed by atoms with Crippen LogP contribution in [0.25, 0.3) is 0 Å². The van der Waals surface area contributed by atoms with Gasteiger partial charge < -0.3 is 5.32 Å². The van der Waals surface area contributed by atoms with Gasteiger partial charge in [0, 0.05) is 12.1 Å². The van der Waals surface area contributed by atoms with Gasteiger partial charge >= 0.3 is 0 Å². The molecule has 2 saturated carbocycles. The molecule has 3 aliphatic carbocycles. The summed E-state index contributed by atoms with van der Waals surface area (Å²) in [7, 11) is 0. The van der Waals surface area contributed by atoms with Gasteiger partial charge in [-0.15, -0.1) is 0 Å². The minimum Gasteiger partial charge on any atom is -0.311 e. The molecule has 0 amide bonds. The Bertz CT molecular complexity index is 507. The normalized spacial score (nSPS) is 34.7. The highest BCUT2D eigenvalue weighted by molar-refractivity contribution is 5.33. The van der Waals surface area contributed by atoms with E-state index in [1.807, 2.05) is 0 Å². The molecule has 0 heterocycles. The van der Waals surface area contributed by atoms with Crippen LogP contribution < -0.4 is 5.32 Å². The van der Waals surface area contributed by atoms with Gasteiger partial charge in [-0.1, -0.05) is 31.5 Å². The number of benzene rings is 1. The second kappa shape index (κ2) is 5.76. The summed E-state index contributed by atoms with van der Waals surface area (Å²) < 4.78 is 0. The summed E-state index contributed by atoms with van der Waals surface area (Å²) in [6, 6.07) is 8.80. The van der Waals surface area contributed by atoms with Crippen LogP contribution in [0.4, 0.5) is 0 Å². The Morgan fingerprint density at radius 3 is 2.57 bits per heavy atom. The lowest BCUT2D eigenvalue weighted by molar-refractivity contribution is 0.304. The smallest absolute Gasteiger partial charge is 0.0101 e. The standard InChI is InChI=1S/C20H29N/c1-2-14-3-5-16-7-9-19(10-8-17(16)11-14)21-20-13-15-4-6-18(20)12-15/h3,5,11,15,18-21H,2,4,6-10,12-13H2,1H3. The molecule has 114 valence electrons. The fourth-order valence-electron chi connectivity index (χ4n) is 5.10. The summed E-state index contributed by atoms with van der Waals surface area (Å²) in [6.07, 6.45) is 12.4. The maximum atomic E-state index is 4.05.